The Hall–Kier alpha value is -2.12. The van der Waals surface area contributed by atoms with Crippen LogP contribution in [0.2, 0.25) is 0 Å². The molecule has 2 atom stereocenters. The number of carbonyl (C=O) groups excluding carboxylic acids is 1. The second-order valence-corrected chi connectivity index (χ2v) is 8.68. The molecule has 0 radical (unpaired) electrons. The average molecular weight is 400 g/mol. The van der Waals surface area contributed by atoms with Crippen LogP contribution in [0.4, 0.5) is 5.69 Å². The molecular weight excluding hydrogens is 378 g/mol. The van der Waals surface area contributed by atoms with E-state index in [1.165, 1.54) is 11.8 Å². The number of aromatic nitrogens is 1. The number of likely N-dealkylation sites (tertiary alicyclic amines) is 1. The molecule has 7 heteroatoms. The maximum atomic E-state index is 12.1. The van der Waals surface area contributed by atoms with Crippen molar-refractivity contribution in [3.05, 3.63) is 64.6 Å². The van der Waals surface area contributed by atoms with E-state index in [-0.39, 0.29) is 11.5 Å². The van der Waals surface area contributed by atoms with Crippen LogP contribution < -0.4 is 10.9 Å². The molecule has 3 heterocycles. The van der Waals surface area contributed by atoms with Crippen molar-refractivity contribution in [1.82, 2.24) is 9.47 Å². The number of hydrogen-bond acceptors (Lipinski definition) is 4. The highest BCUT2D eigenvalue weighted by Crippen LogP contribution is 2.35. The van der Waals surface area contributed by atoms with Crippen LogP contribution in [0.1, 0.15) is 18.0 Å². The van der Waals surface area contributed by atoms with Gasteiger partial charge in [0.15, 0.2) is 0 Å². The van der Waals surface area contributed by atoms with Crippen molar-refractivity contribution in [2.45, 2.75) is 18.9 Å². The van der Waals surface area contributed by atoms with Gasteiger partial charge in [0.2, 0.25) is 5.91 Å². The Morgan fingerprint density at radius 1 is 1.11 bits per heavy atom. The summed E-state index contributed by atoms with van der Waals surface area (Å²) in [6.45, 7) is 2.42. The van der Waals surface area contributed by atoms with E-state index in [1.807, 2.05) is 41.0 Å². The molecule has 1 N–H and O–H groups in total. The minimum Gasteiger partial charge on any atom is -0.356 e. The molecule has 5 nitrogen and oxygen atoms in total. The molecular formula is C20H21N3O2S2. The van der Waals surface area contributed by atoms with E-state index >= 15 is 0 Å². The monoisotopic (exact) mass is 399 g/mol. The predicted molar refractivity (Wildman–Crippen MR) is 113 cm³/mol. The van der Waals surface area contributed by atoms with Crippen LogP contribution in [-0.2, 0) is 11.3 Å². The zero-order valence-corrected chi connectivity index (χ0v) is 16.5. The SMILES string of the molecule is O=C(CSC(=S)N1CC2CC(C1)c1cccc(=O)n1C2)Nc1ccccc1. The third kappa shape index (κ3) is 4.09. The molecule has 0 aliphatic carbocycles. The molecule has 1 aromatic heterocycles. The van der Waals surface area contributed by atoms with Gasteiger partial charge in [0.1, 0.15) is 4.32 Å². The number of rotatable bonds is 3. The summed E-state index contributed by atoms with van der Waals surface area (Å²) in [7, 11) is 0. The summed E-state index contributed by atoms with van der Waals surface area (Å²) in [5.41, 5.74) is 1.99. The number of thiocarbonyl (C=S) groups is 1. The van der Waals surface area contributed by atoms with Gasteiger partial charge in [-0.05, 0) is 30.5 Å². The van der Waals surface area contributed by atoms with Gasteiger partial charge in [-0.2, -0.15) is 0 Å². The first kappa shape index (κ1) is 18.3. The predicted octanol–water partition coefficient (Wildman–Crippen LogP) is 2.92. The van der Waals surface area contributed by atoms with Gasteiger partial charge in [0, 0.05) is 43.0 Å². The molecule has 1 aromatic carbocycles. The molecule has 2 unspecified atom stereocenters. The number of hydrogen-bond donors (Lipinski definition) is 1. The molecule has 2 aromatic rings. The number of anilines is 1. The summed E-state index contributed by atoms with van der Waals surface area (Å²) in [6, 6.07) is 15.0. The largest absolute Gasteiger partial charge is 0.356 e. The highest BCUT2D eigenvalue weighted by Gasteiger charge is 2.35. The Morgan fingerprint density at radius 2 is 1.93 bits per heavy atom. The molecule has 1 saturated heterocycles. The van der Waals surface area contributed by atoms with E-state index in [1.54, 1.807) is 6.07 Å². The normalized spacial score (nSPS) is 20.7. The molecule has 140 valence electrons. The number of piperidine rings is 1. The topological polar surface area (TPSA) is 54.3 Å². The Labute approximate surface area is 167 Å². The molecule has 2 aliphatic heterocycles. The number of nitrogens with one attached hydrogen (secondary N) is 1. The number of nitrogens with zero attached hydrogens (tertiary/aromatic N) is 2. The summed E-state index contributed by atoms with van der Waals surface area (Å²) >= 11 is 7.01. The van der Waals surface area contributed by atoms with E-state index in [9.17, 15) is 9.59 Å². The lowest BCUT2D eigenvalue weighted by Gasteiger charge is -2.43. The van der Waals surface area contributed by atoms with Gasteiger partial charge >= 0.3 is 0 Å². The zero-order chi connectivity index (χ0) is 18.8. The van der Waals surface area contributed by atoms with Gasteiger partial charge in [0.05, 0.1) is 5.75 Å². The number of carbonyl (C=O) groups is 1. The number of pyridine rings is 1. The molecule has 1 amide bonds. The number of fused-ring (bicyclic) bond motifs is 4. The Balaban J connectivity index is 1.35. The Kier molecular flexibility index (Phi) is 5.31. The average Bonchev–Trinajstić information content (AvgIpc) is 2.67. The lowest BCUT2D eigenvalue weighted by atomic mass is 9.83. The fourth-order valence-electron chi connectivity index (χ4n) is 3.98. The first-order chi connectivity index (χ1) is 13.1. The lowest BCUT2D eigenvalue weighted by molar-refractivity contribution is -0.113. The zero-order valence-electron chi connectivity index (χ0n) is 14.8. The van der Waals surface area contributed by atoms with Crippen molar-refractivity contribution in [2.24, 2.45) is 5.92 Å². The minimum atomic E-state index is -0.0531. The third-order valence-electron chi connectivity index (χ3n) is 5.12. The Bertz CT molecular complexity index is 913. The van der Waals surface area contributed by atoms with E-state index in [0.717, 1.165) is 41.8 Å². The second kappa shape index (κ2) is 7.86. The van der Waals surface area contributed by atoms with E-state index in [4.69, 9.17) is 12.2 Å². The standard InChI is InChI=1S/C20H21N3O2S2/c24-18(21-16-5-2-1-3-6-16)13-27-20(26)22-10-14-9-15(12-22)17-7-4-8-19(25)23(17)11-14/h1-8,14-15H,9-13H2,(H,21,24). The van der Waals surface area contributed by atoms with E-state index in [2.05, 4.69) is 16.3 Å². The van der Waals surface area contributed by atoms with E-state index < -0.39 is 0 Å². The van der Waals surface area contributed by atoms with Crippen molar-refractivity contribution in [3.8, 4) is 0 Å². The van der Waals surface area contributed by atoms with Gasteiger partial charge in [-0.25, -0.2) is 0 Å². The lowest BCUT2D eigenvalue weighted by Crippen LogP contribution is -2.48. The summed E-state index contributed by atoms with van der Waals surface area (Å²) in [4.78, 5) is 26.5. The highest BCUT2D eigenvalue weighted by molar-refractivity contribution is 8.23. The number of amides is 1. The number of thioether (sulfide) groups is 1. The molecule has 27 heavy (non-hydrogen) atoms. The molecule has 0 spiro atoms. The minimum absolute atomic E-state index is 0.0531. The smallest absolute Gasteiger partial charge is 0.250 e. The molecule has 4 rings (SSSR count). The fourth-order valence-corrected chi connectivity index (χ4v) is 4.97. The maximum absolute atomic E-state index is 12.1. The summed E-state index contributed by atoms with van der Waals surface area (Å²) < 4.78 is 2.68. The summed E-state index contributed by atoms with van der Waals surface area (Å²) in [5, 5.41) is 2.88. The van der Waals surface area contributed by atoms with Crippen molar-refractivity contribution in [3.63, 3.8) is 0 Å². The Morgan fingerprint density at radius 3 is 2.74 bits per heavy atom. The van der Waals surface area contributed by atoms with E-state index in [0.29, 0.717) is 17.6 Å². The number of para-hydroxylation sites is 1. The molecule has 2 bridgehead atoms. The second-order valence-electron chi connectivity index (χ2n) is 7.07. The number of benzene rings is 1. The summed E-state index contributed by atoms with van der Waals surface area (Å²) in [6.07, 6.45) is 1.10. The van der Waals surface area contributed by atoms with Crippen molar-refractivity contribution in [1.29, 1.82) is 0 Å². The van der Waals surface area contributed by atoms with Crippen LogP contribution in [0.15, 0.2) is 53.3 Å². The van der Waals surface area contributed by atoms with Gasteiger partial charge < -0.3 is 14.8 Å². The fraction of sp³-hybridized carbons (Fsp3) is 0.350. The summed E-state index contributed by atoms with van der Waals surface area (Å²) in [5.74, 6) is 0.995. The van der Waals surface area contributed by atoms with Gasteiger partial charge in [-0.15, -0.1) is 0 Å². The first-order valence-corrected chi connectivity index (χ1v) is 10.5. The van der Waals surface area contributed by atoms with Crippen molar-refractivity contribution in [2.75, 3.05) is 24.2 Å². The first-order valence-electron chi connectivity index (χ1n) is 9.06. The van der Waals surface area contributed by atoms with Crippen LogP contribution >= 0.6 is 24.0 Å². The van der Waals surface area contributed by atoms with Gasteiger partial charge in [0.25, 0.3) is 5.56 Å². The van der Waals surface area contributed by atoms with Crippen LogP contribution in [0.25, 0.3) is 0 Å². The van der Waals surface area contributed by atoms with Crippen LogP contribution in [0, 0.1) is 5.92 Å². The van der Waals surface area contributed by atoms with Crippen LogP contribution in [0.3, 0.4) is 0 Å². The van der Waals surface area contributed by atoms with Gasteiger partial charge in [-0.1, -0.05) is 48.2 Å². The third-order valence-corrected chi connectivity index (χ3v) is 6.65. The van der Waals surface area contributed by atoms with Crippen LogP contribution in [-0.4, -0.2) is 38.5 Å². The molecule has 0 saturated carbocycles. The van der Waals surface area contributed by atoms with Crippen molar-refractivity contribution >= 4 is 39.9 Å². The van der Waals surface area contributed by atoms with Crippen LogP contribution in [0.5, 0.6) is 0 Å². The molecule has 2 aliphatic rings. The van der Waals surface area contributed by atoms with Crippen molar-refractivity contribution < 1.29 is 4.79 Å². The maximum Gasteiger partial charge on any atom is 0.250 e. The molecule has 1 fully saturated rings. The van der Waals surface area contributed by atoms with Gasteiger partial charge in [-0.3, -0.25) is 9.59 Å². The highest BCUT2D eigenvalue weighted by atomic mass is 32.2. The quantitative estimate of drug-likeness (QED) is 0.805.